The Hall–Kier alpha value is -3.17. The average molecular weight is 282 g/mol. The molecule has 0 radical (unpaired) electrons. The van der Waals surface area contributed by atoms with Gasteiger partial charge in [0.05, 0.1) is 24.3 Å². The predicted molar refractivity (Wildman–Crippen MR) is 66.2 cm³/mol. The molecule has 106 valence electrons. The first kappa shape index (κ1) is 14.9. The van der Waals surface area contributed by atoms with Crippen molar-refractivity contribution in [3.8, 4) is 11.5 Å². The largest absolute Gasteiger partial charge is 0.504 e. The zero-order valence-corrected chi connectivity index (χ0v) is 10.2. The number of hydrazone groups is 1. The van der Waals surface area contributed by atoms with E-state index in [9.17, 15) is 24.8 Å². The van der Waals surface area contributed by atoms with Crippen molar-refractivity contribution in [2.45, 2.75) is 0 Å². The lowest BCUT2D eigenvalue weighted by atomic mass is 10.2. The molecule has 1 rings (SSSR count). The number of benzene rings is 1. The van der Waals surface area contributed by atoms with Crippen molar-refractivity contribution < 1.29 is 24.4 Å². The van der Waals surface area contributed by atoms with Crippen molar-refractivity contribution in [2.24, 2.45) is 10.8 Å². The van der Waals surface area contributed by atoms with Crippen LogP contribution in [-0.4, -0.2) is 35.2 Å². The fourth-order valence-electron chi connectivity index (χ4n) is 1.19. The summed E-state index contributed by atoms with van der Waals surface area (Å²) in [5.41, 5.74) is 6.02. The van der Waals surface area contributed by atoms with Crippen LogP contribution in [0.15, 0.2) is 17.2 Å². The molecule has 0 bridgehead atoms. The van der Waals surface area contributed by atoms with Gasteiger partial charge in [-0.15, -0.1) is 0 Å². The van der Waals surface area contributed by atoms with Crippen molar-refractivity contribution in [3.05, 3.63) is 27.8 Å². The minimum atomic E-state index is -1.25. The fraction of sp³-hybridized carbons (Fsp3) is 0.100. The summed E-state index contributed by atoms with van der Waals surface area (Å²) in [7, 11) is 1.22. The summed E-state index contributed by atoms with van der Waals surface area (Å²) in [4.78, 5) is 31.3. The molecule has 0 saturated heterocycles. The first-order chi connectivity index (χ1) is 9.36. The highest BCUT2D eigenvalue weighted by Crippen LogP contribution is 2.33. The van der Waals surface area contributed by atoms with Crippen LogP contribution in [0.1, 0.15) is 5.56 Å². The predicted octanol–water partition coefficient (Wildman–Crippen LogP) is -0.756. The highest BCUT2D eigenvalue weighted by atomic mass is 16.6. The number of methoxy groups -OCH3 is 1. The van der Waals surface area contributed by atoms with E-state index >= 15 is 0 Å². The third-order valence-electron chi connectivity index (χ3n) is 2.11. The summed E-state index contributed by atoms with van der Waals surface area (Å²) >= 11 is 0. The zero-order valence-electron chi connectivity index (χ0n) is 10.2. The van der Waals surface area contributed by atoms with E-state index in [1.165, 1.54) is 7.11 Å². The average Bonchev–Trinajstić information content (AvgIpc) is 2.39. The number of carbonyl (C=O) groups is 2. The quantitative estimate of drug-likeness (QED) is 0.285. The van der Waals surface area contributed by atoms with Gasteiger partial charge in [0.15, 0.2) is 11.5 Å². The molecule has 10 nitrogen and oxygen atoms in total. The Balaban J connectivity index is 3.07. The highest BCUT2D eigenvalue weighted by Gasteiger charge is 2.16. The van der Waals surface area contributed by atoms with E-state index in [4.69, 9.17) is 4.74 Å². The second-order valence-corrected chi connectivity index (χ2v) is 3.41. The molecule has 0 unspecified atom stereocenters. The van der Waals surface area contributed by atoms with Crippen LogP contribution in [0.25, 0.3) is 0 Å². The molecule has 20 heavy (non-hydrogen) atoms. The number of hydrogen-bond donors (Lipinski definition) is 3. The number of phenolic OH excluding ortho intramolecular Hbond substituents is 1. The molecule has 1 aromatic carbocycles. The number of hydrogen-bond acceptors (Lipinski definition) is 7. The number of non-ortho nitro benzene ring substituents is 1. The zero-order chi connectivity index (χ0) is 15.3. The van der Waals surface area contributed by atoms with E-state index in [2.05, 4.69) is 10.8 Å². The maximum Gasteiger partial charge on any atom is 0.329 e. The molecule has 1 aromatic rings. The van der Waals surface area contributed by atoms with Crippen LogP contribution in [-0.2, 0) is 9.59 Å². The number of nitro groups is 1. The topological polar surface area (TPSA) is 157 Å². The lowest BCUT2D eigenvalue weighted by Gasteiger charge is -2.05. The van der Waals surface area contributed by atoms with Crippen LogP contribution in [0.4, 0.5) is 5.69 Å². The first-order valence-corrected chi connectivity index (χ1v) is 5.05. The van der Waals surface area contributed by atoms with Crippen molar-refractivity contribution in [1.82, 2.24) is 5.43 Å². The van der Waals surface area contributed by atoms with E-state index in [1.807, 2.05) is 0 Å². The smallest absolute Gasteiger partial charge is 0.329 e. The van der Waals surface area contributed by atoms with Crippen LogP contribution < -0.4 is 15.9 Å². The van der Waals surface area contributed by atoms with Gasteiger partial charge in [-0.3, -0.25) is 19.7 Å². The highest BCUT2D eigenvalue weighted by molar-refractivity contribution is 6.34. The number of ether oxygens (including phenoxy) is 1. The van der Waals surface area contributed by atoms with Crippen LogP contribution in [0.2, 0.25) is 0 Å². The number of nitro benzene ring substituents is 1. The molecule has 0 saturated carbocycles. The van der Waals surface area contributed by atoms with Gasteiger partial charge in [-0.2, -0.15) is 5.10 Å². The van der Waals surface area contributed by atoms with Crippen LogP contribution in [0.5, 0.6) is 11.5 Å². The van der Waals surface area contributed by atoms with E-state index in [1.54, 1.807) is 5.43 Å². The maximum atomic E-state index is 10.8. The normalized spacial score (nSPS) is 10.2. The SMILES string of the molecule is COc1cc([N+](=O)[O-])cc(/C=N/NC(=O)C(N)=O)c1O. The minimum Gasteiger partial charge on any atom is -0.504 e. The Morgan fingerprint density at radius 3 is 2.70 bits per heavy atom. The molecule has 0 aliphatic heterocycles. The van der Waals surface area contributed by atoms with Crippen molar-refractivity contribution in [1.29, 1.82) is 0 Å². The van der Waals surface area contributed by atoms with Crippen LogP contribution in [0, 0.1) is 10.1 Å². The Morgan fingerprint density at radius 1 is 1.55 bits per heavy atom. The van der Waals surface area contributed by atoms with Crippen molar-refractivity contribution in [3.63, 3.8) is 0 Å². The number of nitrogens with one attached hydrogen (secondary N) is 1. The summed E-state index contributed by atoms with van der Waals surface area (Å²) in [6.07, 6.45) is 0.908. The Bertz CT molecular complexity index is 598. The van der Waals surface area contributed by atoms with E-state index < -0.39 is 22.5 Å². The summed E-state index contributed by atoms with van der Waals surface area (Å²) in [6, 6.07) is 2.03. The monoisotopic (exact) mass is 282 g/mol. The molecular weight excluding hydrogens is 272 g/mol. The molecular formula is C10H10N4O6. The van der Waals surface area contributed by atoms with Crippen LogP contribution in [0.3, 0.4) is 0 Å². The van der Waals surface area contributed by atoms with E-state index in [0.29, 0.717) is 0 Å². The number of nitrogens with zero attached hydrogens (tertiary/aromatic N) is 2. The third kappa shape index (κ3) is 3.41. The Morgan fingerprint density at radius 2 is 2.20 bits per heavy atom. The molecule has 0 atom stereocenters. The van der Waals surface area contributed by atoms with Crippen molar-refractivity contribution >= 4 is 23.7 Å². The number of primary amides is 1. The molecule has 0 fully saturated rings. The molecule has 0 heterocycles. The summed E-state index contributed by atoms with van der Waals surface area (Å²) in [5.74, 6) is -2.96. The number of rotatable bonds is 4. The van der Waals surface area contributed by atoms with Crippen LogP contribution >= 0.6 is 0 Å². The maximum absolute atomic E-state index is 10.8. The first-order valence-electron chi connectivity index (χ1n) is 5.05. The molecule has 0 spiro atoms. The van der Waals surface area contributed by atoms with Gasteiger partial charge in [0.25, 0.3) is 5.69 Å². The van der Waals surface area contributed by atoms with E-state index in [-0.39, 0.29) is 17.0 Å². The Labute approximate surface area is 112 Å². The Kier molecular flexibility index (Phi) is 4.56. The lowest BCUT2D eigenvalue weighted by molar-refractivity contribution is -0.385. The number of phenols is 1. The lowest BCUT2D eigenvalue weighted by Crippen LogP contribution is -2.32. The van der Waals surface area contributed by atoms with Gasteiger partial charge in [-0.05, 0) is 0 Å². The van der Waals surface area contributed by atoms with Gasteiger partial charge in [-0.25, -0.2) is 5.43 Å². The van der Waals surface area contributed by atoms with Gasteiger partial charge in [0.2, 0.25) is 0 Å². The van der Waals surface area contributed by atoms with Gasteiger partial charge in [0.1, 0.15) is 0 Å². The van der Waals surface area contributed by atoms with Crippen molar-refractivity contribution in [2.75, 3.05) is 7.11 Å². The summed E-state index contributed by atoms with van der Waals surface area (Å²) < 4.78 is 4.76. The number of nitrogens with two attached hydrogens (primary N) is 1. The summed E-state index contributed by atoms with van der Waals surface area (Å²) in [6.45, 7) is 0. The second kappa shape index (κ2) is 6.13. The number of aromatic hydroxyl groups is 1. The number of amides is 2. The van der Waals surface area contributed by atoms with Gasteiger partial charge in [0, 0.05) is 11.6 Å². The van der Waals surface area contributed by atoms with Gasteiger partial charge < -0.3 is 15.6 Å². The fourth-order valence-corrected chi connectivity index (χ4v) is 1.19. The molecule has 4 N–H and O–H groups in total. The third-order valence-corrected chi connectivity index (χ3v) is 2.11. The molecule has 0 aromatic heterocycles. The minimum absolute atomic E-state index is 0.0826. The molecule has 2 amide bonds. The second-order valence-electron chi connectivity index (χ2n) is 3.41. The number of carbonyl (C=O) groups excluding carboxylic acids is 2. The van der Waals surface area contributed by atoms with Gasteiger partial charge in [-0.1, -0.05) is 0 Å². The molecule has 10 heteroatoms. The van der Waals surface area contributed by atoms with E-state index in [0.717, 1.165) is 18.3 Å². The molecule has 0 aliphatic carbocycles. The molecule has 0 aliphatic rings. The standard InChI is InChI=1S/C10H10N4O6/c1-20-7-3-6(14(18)19)2-5(8(7)15)4-12-13-10(17)9(11)16/h2-4,15H,1H3,(H2,11,16)(H,13,17)/b12-4+. The summed E-state index contributed by atoms with van der Waals surface area (Å²) in [5, 5.41) is 23.8. The van der Waals surface area contributed by atoms with Gasteiger partial charge >= 0.3 is 11.8 Å².